The number of benzene rings is 5. The molecule has 0 aliphatic carbocycles. The number of para-hydroxylation sites is 1. The Morgan fingerprint density at radius 2 is 1.21 bits per heavy atom. The van der Waals surface area contributed by atoms with Crippen LogP contribution in [0.3, 0.4) is 0 Å². The van der Waals surface area contributed by atoms with Crippen LogP contribution in [0, 0.1) is 0 Å². The van der Waals surface area contributed by atoms with E-state index in [0.717, 1.165) is 56.2 Å². The molecule has 0 N–H and O–H groups in total. The van der Waals surface area contributed by atoms with Crippen LogP contribution >= 0.6 is 0 Å². The predicted molar refractivity (Wildman–Crippen MR) is 172 cm³/mol. The number of hydrogen-bond acceptors (Lipinski definition) is 4. The molecule has 0 amide bonds. The van der Waals surface area contributed by atoms with Gasteiger partial charge in [0.1, 0.15) is 11.3 Å². The molecule has 0 fully saturated rings. The molecule has 0 aliphatic heterocycles. The molecule has 5 aromatic carbocycles. The minimum absolute atomic E-state index is 0.815. The number of pyridine rings is 2. The van der Waals surface area contributed by atoms with Gasteiger partial charge >= 0.3 is 0 Å². The second kappa shape index (κ2) is 9.98. The Balaban J connectivity index is 1.28. The quantitative estimate of drug-likeness (QED) is 0.219. The van der Waals surface area contributed by atoms with E-state index in [0.29, 0.717) is 0 Å². The topological polar surface area (TPSA) is 46.8 Å². The zero-order valence-corrected chi connectivity index (χ0v) is 22.7. The lowest BCUT2D eigenvalue weighted by atomic mass is 10.1. The van der Waals surface area contributed by atoms with Crippen LogP contribution in [-0.4, -0.2) is 19.5 Å². The molecule has 0 aliphatic rings. The van der Waals surface area contributed by atoms with Gasteiger partial charge < -0.3 is 4.90 Å². The molecular weight excluding hydrogens is 514 g/mol. The van der Waals surface area contributed by atoms with E-state index < -0.39 is 0 Å². The average Bonchev–Trinajstić information content (AvgIpc) is 3.45. The predicted octanol–water partition coefficient (Wildman–Crippen LogP) is 9.26. The fourth-order valence-electron chi connectivity index (χ4n) is 5.72. The maximum absolute atomic E-state index is 5.06. The van der Waals surface area contributed by atoms with Crippen LogP contribution < -0.4 is 4.90 Å². The second-order valence-electron chi connectivity index (χ2n) is 10.2. The standard InChI is InChI=1S/C37H25N5/c1-2-11-29(12-3-1)41(31-22-17-26-9-4-5-10-28(26)25-31)30-20-18-27(19-21-30)36-40-34-15-8-24-39-37(34)42(36)35-16-6-14-33-32(35)13-7-23-38-33/h1-25H. The van der Waals surface area contributed by atoms with Gasteiger partial charge in [-0.2, -0.15) is 0 Å². The van der Waals surface area contributed by atoms with E-state index in [2.05, 4.69) is 118 Å². The van der Waals surface area contributed by atoms with Gasteiger partial charge in [0, 0.05) is 40.4 Å². The number of hydrogen-bond donors (Lipinski definition) is 0. The summed E-state index contributed by atoms with van der Waals surface area (Å²) in [4.78, 5) is 16.7. The molecule has 0 saturated carbocycles. The first-order valence-electron chi connectivity index (χ1n) is 14.0. The first-order chi connectivity index (χ1) is 20.8. The second-order valence-corrected chi connectivity index (χ2v) is 10.2. The zero-order valence-electron chi connectivity index (χ0n) is 22.7. The van der Waals surface area contributed by atoms with E-state index in [-0.39, 0.29) is 0 Å². The average molecular weight is 540 g/mol. The van der Waals surface area contributed by atoms with E-state index in [1.54, 1.807) is 0 Å². The largest absolute Gasteiger partial charge is 0.310 e. The van der Waals surface area contributed by atoms with E-state index >= 15 is 0 Å². The van der Waals surface area contributed by atoms with Crippen molar-refractivity contribution >= 4 is 49.9 Å². The van der Waals surface area contributed by atoms with Gasteiger partial charge in [0.05, 0.1) is 11.2 Å². The van der Waals surface area contributed by atoms with Gasteiger partial charge in [-0.3, -0.25) is 9.55 Å². The molecule has 0 atom stereocenters. The number of aromatic nitrogens is 4. The summed E-state index contributed by atoms with van der Waals surface area (Å²) < 4.78 is 2.15. The normalized spacial score (nSPS) is 11.3. The molecule has 0 bridgehead atoms. The van der Waals surface area contributed by atoms with E-state index in [1.807, 2.05) is 48.8 Å². The SMILES string of the molecule is c1ccc(N(c2ccc(-c3nc4cccnc4n3-c3cccc4ncccc34)cc2)c2ccc3ccccc3c2)cc1. The van der Waals surface area contributed by atoms with Gasteiger partial charge in [0.15, 0.2) is 5.65 Å². The van der Waals surface area contributed by atoms with Gasteiger partial charge in [-0.05, 0) is 95.7 Å². The number of imidazole rings is 1. The molecule has 42 heavy (non-hydrogen) atoms. The minimum atomic E-state index is 0.815. The molecule has 8 rings (SSSR count). The molecule has 198 valence electrons. The fourth-order valence-corrected chi connectivity index (χ4v) is 5.72. The number of nitrogens with zero attached hydrogens (tertiary/aromatic N) is 5. The Morgan fingerprint density at radius 1 is 0.500 bits per heavy atom. The molecule has 3 heterocycles. The highest BCUT2D eigenvalue weighted by Crippen LogP contribution is 2.38. The molecule has 0 spiro atoms. The summed E-state index contributed by atoms with van der Waals surface area (Å²) in [7, 11) is 0. The monoisotopic (exact) mass is 539 g/mol. The lowest BCUT2D eigenvalue weighted by Gasteiger charge is -2.26. The fraction of sp³-hybridized carbons (Fsp3) is 0. The van der Waals surface area contributed by atoms with Crippen LogP contribution in [0.2, 0.25) is 0 Å². The highest BCUT2D eigenvalue weighted by Gasteiger charge is 2.18. The van der Waals surface area contributed by atoms with Crippen LogP contribution in [0.1, 0.15) is 0 Å². The molecule has 0 radical (unpaired) electrons. The summed E-state index contributed by atoms with van der Waals surface area (Å²) in [5.41, 5.74) is 7.87. The van der Waals surface area contributed by atoms with Gasteiger partial charge in [0.2, 0.25) is 0 Å². The third-order valence-corrected chi connectivity index (χ3v) is 7.67. The van der Waals surface area contributed by atoms with Gasteiger partial charge in [-0.15, -0.1) is 0 Å². The van der Waals surface area contributed by atoms with Crippen molar-refractivity contribution in [1.29, 1.82) is 0 Å². The van der Waals surface area contributed by atoms with Gasteiger partial charge in [0.25, 0.3) is 0 Å². The summed E-state index contributed by atoms with van der Waals surface area (Å²) >= 11 is 0. The Kier molecular flexibility index (Phi) is 5.71. The van der Waals surface area contributed by atoms with Crippen molar-refractivity contribution in [3.63, 3.8) is 0 Å². The van der Waals surface area contributed by atoms with Crippen molar-refractivity contribution in [2.24, 2.45) is 0 Å². The summed E-state index contributed by atoms with van der Waals surface area (Å²) in [6.07, 6.45) is 3.64. The maximum atomic E-state index is 5.06. The number of fused-ring (bicyclic) bond motifs is 3. The first-order valence-corrected chi connectivity index (χ1v) is 14.0. The summed E-state index contributed by atoms with van der Waals surface area (Å²) in [6.45, 7) is 0. The van der Waals surface area contributed by atoms with Crippen LogP contribution in [-0.2, 0) is 0 Å². The lowest BCUT2D eigenvalue weighted by Crippen LogP contribution is -2.09. The van der Waals surface area contributed by atoms with Crippen LogP contribution in [0.5, 0.6) is 0 Å². The van der Waals surface area contributed by atoms with E-state index in [9.17, 15) is 0 Å². The van der Waals surface area contributed by atoms with Crippen molar-refractivity contribution in [3.05, 3.63) is 152 Å². The highest BCUT2D eigenvalue weighted by molar-refractivity contribution is 5.92. The Hall–Kier alpha value is -5.81. The first kappa shape index (κ1) is 24.0. The highest BCUT2D eigenvalue weighted by atomic mass is 15.1. The van der Waals surface area contributed by atoms with Crippen molar-refractivity contribution < 1.29 is 0 Å². The molecule has 8 aromatic rings. The minimum Gasteiger partial charge on any atom is -0.310 e. The number of anilines is 3. The molecule has 0 saturated heterocycles. The van der Waals surface area contributed by atoms with E-state index in [4.69, 9.17) is 9.97 Å². The molecule has 5 heteroatoms. The summed E-state index contributed by atoms with van der Waals surface area (Å²) in [6, 6.07) is 48.4. The van der Waals surface area contributed by atoms with Gasteiger partial charge in [-0.1, -0.05) is 54.6 Å². The van der Waals surface area contributed by atoms with Crippen molar-refractivity contribution in [3.8, 4) is 17.1 Å². The van der Waals surface area contributed by atoms with Gasteiger partial charge in [-0.25, -0.2) is 9.97 Å². The van der Waals surface area contributed by atoms with Crippen molar-refractivity contribution in [2.45, 2.75) is 0 Å². The van der Waals surface area contributed by atoms with E-state index in [1.165, 1.54) is 10.8 Å². The maximum Gasteiger partial charge on any atom is 0.164 e. The van der Waals surface area contributed by atoms with Crippen LogP contribution in [0.25, 0.3) is 49.9 Å². The molecule has 3 aromatic heterocycles. The Morgan fingerprint density at radius 3 is 2.10 bits per heavy atom. The zero-order chi connectivity index (χ0) is 27.9. The molecule has 0 unspecified atom stereocenters. The third-order valence-electron chi connectivity index (χ3n) is 7.67. The summed E-state index contributed by atoms with van der Waals surface area (Å²) in [5.74, 6) is 0.837. The summed E-state index contributed by atoms with van der Waals surface area (Å²) in [5, 5.41) is 3.48. The Labute approximate surface area is 243 Å². The molecular formula is C37H25N5. The lowest BCUT2D eigenvalue weighted by molar-refractivity contribution is 1.09. The third kappa shape index (κ3) is 4.07. The van der Waals surface area contributed by atoms with Crippen molar-refractivity contribution in [2.75, 3.05) is 4.90 Å². The number of rotatable bonds is 5. The van der Waals surface area contributed by atoms with Crippen molar-refractivity contribution in [1.82, 2.24) is 19.5 Å². The molecule has 5 nitrogen and oxygen atoms in total. The van der Waals surface area contributed by atoms with Crippen LogP contribution in [0.15, 0.2) is 152 Å². The van der Waals surface area contributed by atoms with Crippen LogP contribution in [0.4, 0.5) is 17.1 Å². The smallest absolute Gasteiger partial charge is 0.164 e. The Bertz CT molecular complexity index is 2200.